The fourth-order valence-corrected chi connectivity index (χ4v) is 10.5. The fourth-order valence-electron chi connectivity index (χ4n) is 10.5. The summed E-state index contributed by atoms with van der Waals surface area (Å²) in [6.07, 6.45) is 0. The third-order valence-electron chi connectivity index (χ3n) is 13.9. The van der Waals surface area contributed by atoms with E-state index in [-0.39, 0.29) is 0 Å². The maximum absolute atomic E-state index is 5.23. The summed E-state index contributed by atoms with van der Waals surface area (Å²) in [5.74, 6) is 1.88. The van der Waals surface area contributed by atoms with Crippen LogP contribution in [-0.4, -0.2) is 24.1 Å². The highest BCUT2D eigenvalue weighted by Crippen LogP contribution is 2.44. The van der Waals surface area contributed by atoms with Gasteiger partial charge in [0.1, 0.15) is 0 Å². The van der Waals surface area contributed by atoms with Gasteiger partial charge in [0, 0.05) is 55.2 Å². The molecule has 10 aromatic carbocycles. The first-order chi connectivity index (χ1) is 34.6. The number of aromatic nitrogens is 5. The Morgan fingerprint density at radius 1 is 0.271 bits per heavy atom. The molecule has 13 rings (SSSR count). The molecule has 5 nitrogen and oxygen atoms in total. The van der Waals surface area contributed by atoms with Crippen LogP contribution in [0.2, 0.25) is 0 Å². The summed E-state index contributed by atoms with van der Waals surface area (Å²) in [4.78, 5) is 15.5. The Morgan fingerprint density at radius 3 is 1.34 bits per heavy atom. The van der Waals surface area contributed by atoms with Gasteiger partial charge in [-0.3, -0.25) is 0 Å². The highest BCUT2D eigenvalue weighted by Gasteiger charge is 2.23. The minimum absolute atomic E-state index is 0.619. The molecule has 0 aliphatic rings. The molecule has 0 bridgehead atoms. The second kappa shape index (κ2) is 16.8. The van der Waals surface area contributed by atoms with Gasteiger partial charge in [0.05, 0.1) is 22.1 Å². The molecular formula is C65H45N5. The molecule has 0 unspecified atom stereocenters. The summed E-state index contributed by atoms with van der Waals surface area (Å²) in [5, 5.41) is 4.77. The summed E-state index contributed by atoms with van der Waals surface area (Å²) in [7, 11) is 0. The molecule has 0 atom stereocenters. The molecule has 13 aromatic rings. The number of nitrogens with zero attached hydrogens (tertiary/aromatic N) is 5. The topological polar surface area (TPSA) is 48.5 Å². The Labute approximate surface area is 406 Å². The van der Waals surface area contributed by atoms with Gasteiger partial charge >= 0.3 is 0 Å². The minimum Gasteiger partial charge on any atom is -0.309 e. The van der Waals surface area contributed by atoms with Crippen LogP contribution in [0.5, 0.6) is 0 Å². The van der Waals surface area contributed by atoms with E-state index in [0.717, 1.165) is 61.0 Å². The molecule has 5 heteroatoms. The molecule has 0 aliphatic heterocycles. The van der Waals surface area contributed by atoms with Crippen molar-refractivity contribution in [3.63, 3.8) is 0 Å². The van der Waals surface area contributed by atoms with E-state index in [0.29, 0.717) is 17.5 Å². The standard InChI is InChI=1S/C65H45N5/c1-42-33-35-46(47-37-38-60-58(40-47)52-27-15-16-32-59(52)69(60)49-23-11-5-12-24-49)39-56(42)57-41-48(36-34-43(57)2)51-28-17-29-53-54-30-18-31-55(62(54)70(61(51)53)50-25-13-6-14-26-50)65-67-63(44-19-7-3-8-20-44)66-64(68-65)45-21-9-4-10-22-45/h3-41H,1-2H3. The van der Waals surface area contributed by atoms with Gasteiger partial charge in [0.2, 0.25) is 0 Å². The van der Waals surface area contributed by atoms with E-state index in [1.165, 1.54) is 55.2 Å². The largest absolute Gasteiger partial charge is 0.309 e. The van der Waals surface area contributed by atoms with Crippen LogP contribution in [0.1, 0.15) is 11.1 Å². The maximum atomic E-state index is 5.23. The van der Waals surface area contributed by atoms with Crippen LogP contribution in [0.4, 0.5) is 0 Å². The first-order valence-corrected chi connectivity index (χ1v) is 23.9. The number of para-hydroxylation sites is 5. The lowest BCUT2D eigenvalue weighted by Gasteiger charge is -2.16. The summed E-state index contributed by atoms with van der Waals surface area (Å²) in [6, 6.07) is 84.5. The third-order valence-corrected chi connectivity index (χ3v) is 13.9. The van der Waals surface area contributed by atoms with Gasteiger partial charge < -0.3 is 9.13 Å². The quantitative estimate of drug-likeness (QED) is 0.153. The van der Waals surface area contributed by atoms with Gasteiger partial charge in [-0.05, 0) is 113 Å². The van der Waals surface area contributed by atoms with Crippen LogP contribution < -0.4 is 0 Å². The van der Waals surface area contributed by atoms with Crippen LogP contribution in [0.3, 0.4) is 0 Å². The van der Waals surface area contributed by atoms with E-state index in [1.807, 2.05) is 36.4 Å². The Kier molecular flexibility index (Phi) is 9.88. The SMILES string of the molecule is Cc1ccc(-c2ccc3c(c2)c2ccccc2n3-c2ccccc2)cc1-c1cc(-c2cccc3c4cccc(-c5nc(-c6ccccc6)nc(-c6ccccc6)n5)c4n(-c4ccccc4)c23)ccc1C. The fraction of sp³-hybridized carbons (Fsp3) is 0.0308. The average Bonchev–Trinajstić information content (AvgIpc) is 3.95. The summed E-state index contributed by atoms with van der Waals surface area (Å²) < 4.78 is 4.79. The summed E-state index contributed by atoms with van der Waals surface area (Å²) in [6.45, 7) is 4.46. The second-order valence-electron chi connectivity index (χ2n) is 18.1. The molecule has 70 heavy (non-hydrogen) atoms. The van der Waals surface area contributed by atoms with E-state index in [4.69, 9.17) is 15.0 Å². The normalized spacial score (nSPS) is 11.6. The molecule has 0 saturated heterocycles. The summed E-state index contributed by atoms with van der Waals surface area (Å²) >= 11 is 0. The Bertz CT molecular complexity index is 4060. The van der Waals surface area contributed by atoms with E-state index in [2.05, 4.69) is 223 Å². The molecule has 0 N–H and O–H groups in total. The van der Waals surface area contributed by atoms with Crippen LogP contribution in [0, 0.1) is 13.8 Å². The number of benzene rings is 10. The highest BCUT2D eigenvalue weighted by atomic mass is 15.0. The molecule has 3 aromatic heterocycles. The molecule has 0 saturated carbocycles. The first-order valence-electron chi connectivity index (χ1n) is 23.9. The molecule has 0 spiro atoms. The zero-order valence-electron chi connectivity index (χ0n) is 38.8. The van der Waals surface area contributed by atoms with Crippen molar-refractivity contribution in [3.8, 4) is 78.9 Å². The molecule has 0 aliphatic carbocycles. The van der Waals surface area contributed by atoms with Crippen molar-refractivity contribution in [2.24, 2.45) is 0 Å². The Hall–Kier alpha value is -9.19. The van der Waals surface area contributed by atoms with Crippen molar-refractivity contribution in [2.75, 3.05) is 0 Å². The van der Waals surface area contributed by atoms with E-state index < -0.39 is 0 Å². The summed E-state index contributed by atoms with van der Waals surface area (Å²) in [5.41, 5.74) is 19.1. The van der Waals surface area contributed by atoms with Crippen LogP contribution in [0.15, 0.2) is 237 Å². The van der Waals surface area contributed by atoms with Crippen molar-refractivity contribution in [1.82, 2.24) is 24.1 Å². The molecule has 0 amide bonds. The number of hydrogen-bond donors (Lipinski definition) is 0. The third kappa shape index (κ3) is 6.90. The van der Waals surface area contributed by atoms with Crippen LogP contribution in [0.25, 0.3) is 123 Å². The van der Waals surface area contributed by atoms with Gasteiger partial charge in [-0.15, -0.1) is 0 Å². The molecular weight excluding hydrogens is 851 g/mol. The zero-order chi connectivity index (χ0) is 46.7. The van der Waals surface area contributed by atoms with Gasteiger partial charge in [-0.2, -0.15) is 0 Å². The monoisotopic (exact) mass is 895 g/mol. The van der Waals surface area contributed by atoms with E-state index in [9.17, 15) is 0 Å². The minimum atomic E-state index is 0.619. The smallest absolute Gasteiger partial charge is 0.166 e. The van der Waals surface area contributed by atoms with Crippen molar-refractivity contribution in [1.29, 1.82) is 0 Å². The van der Waals surface area contributed by atoms with Crippen molar-refractivity contribution in [3.05, 3.63) is 248 Å². The number of fused-ring (bicyclic) bond motifs is 6. The van der Waals surface area contributed by atoms with Crippen molar-refractivity contribution >= 4 is 43.6 Å². The highest BCUT2D eigenvalue weighted by molar-refractivity contribution is 6.17. The van der Waals surface area contributed by atoms with Crippen LogP contribution >= 0.6 is 0 Å². The van der Waals surface area contributed by atoms with Gasteiger partial charge in [0.15, 0.2) is 17.5 Å². The number of hydrogen-bond acceptors (Lipinski definition) is 3. The lowest BCUT2D eigenvalue weighted by atomic mass is 9.90. The second-order valence-corrected chi connectivity index (χ2v) is 18.1. The predicted molar refractivity (Wildman–Crippen MR) is 291 cm³/mol. The first kappa shape index (κ1) is 41.0. The van der Waals surface area contributed by atoms with Crippen molar-refractivity contribution < 1.29 is 0 Å². The number of aryl methyl sites for hydroxylation is 2. The lowest BCUT2D eigenvalue weighted by Crippen LogP contribution is -2.02. The zero-order valence-corrected chi connectivity index (χ0v) is 38.8. The van der Waals surface area contributed by atoms with Gasteiger partial charge in [-0.25, -0.2) is 15.0 Å². The average molecular weight is 896 g/mol. The Balaban J connectivity index is 0.983. The van der Waals surface area contributed by atoms with Crippen LogP contribution in [-0.2, 0) is 0 Å². The van der Waals surface area contributed by atoms with Gasteiger partial charge in [0.25, 0.3) is 0 Å². The molecule has 3 heterocycles. The molecule has 0 fully saturated rings. The van der Waals surface area contributed by atoms with Crippen molar-refractivity contribution in [2.45, 2.75) is 13.8 Å². The Morgan fingerprint density at radius 2 is 0.714 bits per heavy atom. The maximum Gasteiger partial charge on any atom is 0.166 e. The van der Waals surface area contributed by atoms with Gasteiger partial charge in [-0.1, -0.05) is 176 Å². The molecule has 330 valence electrons. The van der Waals surface area contributed by atoms with E-state index >= 15 is 0 Å². The molecule has 0 radical (unpaired) electrons. The number of rotatable bonds is 8. The lowest BCUT2D eigenvalue weighted by molar-refractivity contribution is 1.07. The predicted octanol–water partition coefficient (Wildman–Crippen LogP) is 16.7. The van der Waals surface area contributed by atoms with E-state index in [1.54, 1.807) is 0 Å².